The second-order valence-corrected chi connectivity index (χ2v) is 9.84. The Morgan fingerprint density at radius 1 is 0.743 bits per heavy atom. The van der Waals surface area contributed by atoms with Crippen LogP contribution >= 0.6 is 0 Å². The van der Waals surface area contributed by atoms with Crippen LogP contribution in [0.3, 0.4) is 0 Å². The summed E-state index contributed by atoms with van der Waals surface area (Å²) in [5.41, 5.74) is 2.15. The highest BCUT2D eigenvalue weighted by atomic mass is 79.9. The first-order valence-electron chi connectivity index (χ1n) is 13.1. The summed E-state index contributed by atoms with van der Waals surface area (Å²) in [6.07, 6.45) is 17.0. The van der Waals surface area contributed by atoms with E-state index in [2.05, 4.69) is 66.7 Å². The Kier molecular flexibility index (Phi) is 11.9. The van der Waals surface area contributed by atoms with Crippen molar-refractivity contribution in [1.29, 1.82) is 0 Å². The van der Waals surface area contributed by atoms with Crippen molar-refractivity contribution in [2.45, 2.75) is 90.0 Å². The van der Waals surface area contributed by atoms with Gasteiger partial charge >= 0.3 is 0 Å². The minimum atomic E-state index is -0.251. The standard InChI is InChI=1S/C30H42N2O2.BrH/c1-4-5-6-7-8-9-10-11-12-21-30(26-13-17-28(33)18-14-26,27-15-19-29(34)20-16-27)24-32-23-22-31(3)25(32)2;/h13-20,22-23H,4-12,21,24H2,1-3H3,(H-,33,34);1H. The molecule has 1 aromatic heterocycles. The second-order valence-electron chi connectivity index (χ2n) is 9.84. The van der Waals surface area contributed by atoms with E-state index < -0.39 is 0 Å². The van der Waals surface area contributed by atoms with E-state index in [1.165, 1.54) is 68.3 Å². The lowest BCUT2D eigenvalue weighted by Crippen LogP contribution is -3.00. The maximum absolute atomic E-state index is 9.98. The molecule has 4 nitrogen and oxygen atoms in total. The van der Waals surface area contributed by atoms with Gasteiger partial charge in [-0.1, -0.05) is 89.0 Å². The molecule has 0 fully saturated rings. The summed E-state index contributed by atoms with van der Waals surface area (Å²) >= 11 is 0. The van der Waals surface area contributed by atoms with Crippen LogP contribution in [0.5, 0.6) is 11.5 Å². The van der Waals surface area contributed by atoms with Crippen LogP contribution in [0.25, 0.3) is 0 Å². The molecule has 0 saturated carbocycles. The van der Waals surface area contributed by atoms with Gasteiger partial charge in [-0.05, 0) is 41.8 Å². The van der Waals surface area contributed by atoms with Gasteiger partial charge in [0, 0.05) is 6.92 Å². The molecule has 0 aliphatic carbocycles. The number of hydrogen-bond donors (Lipinski definition) is 2. The number of halogens is 1. The fraction of sp³-hybridized carbons (Fsp3) is 0.500. The third kappa shape index (κ3) is 7.86. The normalized spacial score (nSPS) is 11.4. The number of phenols is 2. The molecule has 2 aromatic carbocycles. The Hall–Kier alpha value is -2.27. The number of phenolic OH excluding ortho intramolecular Hbond substituents is 2. The average Bonchev–Trinajstić information content (AvgIpc) is 3.15. The molecular formula is C30H43BrN2O2. The molecule has 0 aliphatic heterocycles. The molecule has 5 heteroatoms. The van der Waals surface area contributed by atoms with E-state index in [0.29, 0.717) is 0 Å². The number of unbranched alkanes of at least 4 members (excludes halogenated alkanes) is 8. The van der Waals surface area contributed by atoms with Crippen molar-refractivity contribution in [3.8, 4) is 11.5 Å². The summed E-state index contributed by atoms with van der Waals surface area (Å²) in [5, 5.41) is 20.0. The van der Waals surface area contributed by atoms with Crippen LogP contribution in [-0.4, -0.2) is 14.8 Å². The number of aromatic nitrogens is 2. The number of aryl methyl sites for hydroxylation is 1. The zero-order valence-electron chi connectivity index (χ0n) is 21.7. The van der Waals surface area contributed by atoms with Gasteiger partial charge in [-0.2, -0.15) is 0 Å². The van der Waals surface area contributed by atoms with Crippen molar-refractivity contribution < 1.29 is 31.8 Å². The van der Waals surface area contributed by atoms with Crippen LogP contribution in [0.2, 0.25) is 0 Å². The minimum absolute atomic E-state index is 0. The topological polar surface area (TPSA) is 49.3 Å². The Bertz CT molecular complexity index is 951. The Morgan fingerprint density at radius 2 is 1.20 bits per heavy atom. The second kappa shape index (κ2) is 14.3. The summed E-state index contributed by atoms with van der Waals surface area (Å²) in [6.45, 7) is 5.23. The van der Waals surface area contributed by atoms with Crippen molar-refractivity contribution in [3.63, 3.8) is 0 Å². The minimum Gasteiger partial charge on any atom is -1.00 e. The maximum atomic E-state index is 9.98. The Balaban J connectivity index is 0.00000432. The summed E-state index contributed by atoms with van der Waals surface area (Å²) in [7, 11) is 2.08. The van der Waals surface area contributed by atoms with Crippen molar-refractivity contribution in [3.05, 3.63) is 77.9 Å². The van der Waals surface area contributed by atoms with Gasteiger partial charge in [0.15, 0.2) is 0 Å². The Labute approximate surface area is 222 Å². The van der Waals surface area contributed by atoms with Crippen molar-refractivity contribution in [2.75, 3.05) is 0 Å². The van der Waals surface area contributed by atoms with Crippen LogP contribution in [0.1, 0.15) is 88.1 Å². The fourth-order valence-electron chi connectivity index (χ4n) is 5.07. The Morgan fingerprint density at radius 3 is 1.63 bits per heavy atom. The highest BCUT2D eigenvalue weighted by molar-refractivity contribution is 5.42. The smallest absolute Gasteiger partial charge is 0.253 e. The third-order valence-corrected chi connectivity index (χ3v) is 7.38. The lowest BCUT2D eigenvalue weighted by Gasteiger charge is -2.34. The molecule has 35 heavy (non-hydrogen) atoms. The largest absolute Gasteiger partial charge is 1.00 e. The molecule has 192 valence electrons. The summed E-state index contributed by atoms with van der Waals surface area (Å²) < 4.78 is 4.48. The van der Waals surface area contributed by atoms with Crippen molar-refractivity contribution in [1.82, 2.24) is 4.57 Å². The van der Waals surface area contributed by atoms with Gasteiger partial charge < -0.3 is 27.2 Å². The summed E-state index contributed by atoms with van der Waals surface area (Å²) in [4.78, 5) is 0. The first-order chi connectivity index (χ1) is 16.5. The molecule has 0 spiro atoms. The molecule has 2 N–H and O–H groups in total. The SMILES string of the molecule is CCCCCCCCCCCC(C[n+]1ccn(C)c1C)(c1ccc(O)cc1)c1ccc(O)cc1.[Br-]. The predicted molar refractivity (Wildman–Crippen MR) is 139 cm³/mol. The molecule has 0 amide bonds. The van der Waals surface area contributed by atoms with Gasteiger partial charge in [0.05, 0.1) is 12.5 Å². The van der Waals surface area contributed by atoms with Gasteiger partial charge in [0.1, 0.15) is 30.4 Å². The van der Waals surface area contributed by atoms with Gasteiger partial charge in [0.25, 0.3) is 5.82 Å². The zero-order valence-corrected chi connectivity index (χ0v) is 23.3. The van der Waals surface area contributed by atoms with Gasteiger partial charge in [0.2, 0.25) is 0 Å². The van der Waals surface area contributed by atoms with Crippen LogP contribution < -0.4 is 21.5 Å². The molecule has 1 heterocycles. The lowest BCUT2D eigenvalue weighted by molar-refractivity contribution is -0.709. The van der Waals surface area contributed by atoms with E-state index in [0.717, 1.165) is 19.4 Å². The van der Waals surface area contributed by atoms with E-state index in [-0.39, 0.29) is 33.9 Å². The predicted octanol–water partition coefficient (Wildman–Crippen LogP) is 3.94. The van der Waals surface area contributed by atoms with Gasteiger partial charge in [-0.25, -0.2) is 9.13 Å². The molecule has 3 aromatic rings. The monoisotopic (exact) mass is 542 g/mol. The molecule has 0 radical (unpaired) electrons. The molecule has 0 bridgehead atoms. The van der Waals surface area contributed by atoms with E-state index in [4.69, 9.17) is 0 Å². The van der Waals surface area contributed by atoms with E-state index >= 15 is 0 Å². The fourth-order valence-corrected chi connectivity index (χ4v) is 5.07. The molecule has 0 aliphatic rings. The van der Waals surface area contributed by atoms with E-state index in [1.807, 2.05) is 0 Å². The zero-order chi connectivity index (χ0) is 24.4. The van der Waals surface area contributed by atoms with Gasteiger partial charge in [-0.3, -0.25) is 0 Å². The van der Waals surface area contributed by atoms with Crippen LogP contribution in [0, 0.1) is 6.92 Å². The molecule has 0 unspecified atom stereocenters. The van der Waals surface area contributed by atoms with Crippen LogP contribution in [0.15, 0.2) is 60.9 Å². The molecular weight excluding hydrogens is 500 g/mol. The number of imidazole rings is 1. The quantitative estimate of drug-likeness (QED) is 0.239. The highest BCUT2D eigenvalue weighted by Gasteiger charge is 2.37. The van der Waals surface area contributed by atoms with Crippen molar-refractivity contribution >= 4 is 0 Å². The van der Waals surface area contributed by atoms with Crippen molar-refractivity contribution in [2.24, 2.45) is 7.05 Å². The maximum Gasteiger partial charge on any atom is 0.253 e. The van der Waals surface area contributed by atoms with Crippen LogP contribution in [-0.2, 0) is 19.0 Å². The number of nitrogens with zero attached hydrogens (tertiary/aromatic N) is 2. The highest BCUT2D eigenvalue weighted by Crippen LogP contribution is 2.39. The lowest BCUT2D eigenvalue weighted by atomic mass is 9.70. The first kappa shape index (κ1) is 29.0. The average molecular weight is 544 g/mol. The van der Waals surface area contributed by atoms with E-state index in [1.54, 1.807) is 24.3 Å². The molecule has 3 rings (SSSR count). The van der Waals surface area contributed by atoms with Crippen LogP contribution in [0.4, 0.5) is 0 Å². The number of rotatable bonds is 14. The molecule has 0 atom stereocenters. The number of hydrogen-bond acceptors (Lipinski definition) is 2. The van der Waals surface area contributed by atoms with Gasteiger partial charge in [-0.15, -0.1) is 0 Å². The summed E-state index contributed by atoms with van der Waals surface area (Å²) in [5.74, 6) is 1.78. The first-order valence-corrected chi connectivity index (χ1v) is 13.1. The summed E-state index contributed by atoms with van der Waals surface area (Å²) in [6, 6.07) is 15.4. The number of aromatic hydroxyl groups is 2. The number of benzene rings is 2. The third-order valence-electron chi connectivity index (χ3n) is 7.38. The molecule has 0 saturated heterocycles. The van der Waals surface area contributed by atoms with E-state index in [9.17, 15) is 10.2 Å².